The summed E-state index contributed by atoms with van der Waals surface area (Å²) in [4.78, 5) is 19.9. The summed E-state index contributed by atoms with van der Waals surface area (Å²) in [7, 11) is 0. The zero-order chi connectivity index (χ0) is 23.3. The van der Waals surface area contributed by atoms with Crippen LogP contribution in [-0.4, -0.2) is 17.5 Å². The molecule has 0 atom stereocenters. The van der Waals surface area contributed by atoms with Crippen molar-refractivity contribution in [2.45, 2.75) is 13.5 Å². The van der Waals surface area contributed by atoms with Gasteiger partial charge < -0.3 is 13.9 Å². The van der Waals surface area contributed by atoms with Gasteiger partial charge in [-0.1, -0.05) is 29.5 Å². The first kappa shape index (κ1) is 21.7. The molecule has 0 spiro atoms. The molecule has 34 heavy (non-hydrogen) atoms. The predicted octanol–water partition coefficient (Wildman–Crippen LogP) is 6.93. The highest BCUT2D eigenvalue weighted by atomic mass is 32.1. The third-order valence-corrected chi connectivity index (χ3v) is 6.15. The molecule has 0 fully saturated rings. The lowest BCUT2D eigenvalue weighted by Gasteiger charge is -2.19. The average molecular weight is 471 g/mol. The standard InChI is InChI=1S/C27H22N2O4S/c1-2-31-22-14-15-24-25(17-22)34-27(28-24)29(18-23-9-6-16-32-23)26(30)19-10-12-21(13-11-19)33-20-7-4-3-5-8-20/h3-17H,2,18H2,1H3. The Morgan fingerprint density at radius 2 is 1.71 bits per heavy atom. The van der Waals surface area contributed by atoms with Gasteiger partial charge in [0.15, 0.2) is 5.13 Å². The number of carbonyl (C=O) groups excluding carboxylic acids is 1. The Balaban J connectivity index is 1.43. The average Bonchev–Trinajstić information content (AvgIpc) is 3.53. The highest BCUT2D eigenvalue weighted by Crippen LogP contribution is 2.33. The molecule has 6 nitrogen and oxygen atoms in total. The first-order valence-corrected chi connectivity index (χ1v) is 11.7. The number of benzene rings is 3. The van der Waals surface area contributed by atoms with E-state index in [1.165, 1.54) is 11.3 Å². The fraction of sp³-hybridized carbons (Fsp3) is 0.111. The molecule has 0 N–H and O–H groups in total. The molecule has 2 aromatic heterocycles. The maximum atomic E-state index is 13.6. The molecule has 3 aromatic carbocycles. The SMILES string of the molecule is CCOc1ccc2nc(N(Cc3ccco3)C(=O)c3ccc(Oc4ccccc4)cc3)sc2c1. The number of anilines is 1. The number of fused-ring (bicyclic) bond motifs is 1. The Hall–Kier alpha value is -4.10. The molecule has 0 aliphatic heterocycles. The van der Waals surface area contributed by atoms with Crippen molar-refractivity contribution in [3.8, 4) is 17.2 Å². The van der Waals surface area contributed by atoms with Crippen LogP contribution in [0, 0.1) is 0 Å². The molecule has 0 saturated heterocycles. The van der Waals surface area contributed by atoms with Crippen molar-refractivity contribution in [3.63, 3.8) is 0 Å². The normalized spacial score (nSPS) is 10.9. The fourth-order valence-electron chi connectivity index (χ4n) is 3.50. The molecule has 1 amide bonds. The number of carbonyl (C=O) groups is 1. The van der Waals surface area contributed by atoms with Crippen LogP contribution < -0.4 is 14.4 Å². The lowest BCUT2D eigenvalue weighted by molar-refractivity contribution is 0.0983. The van der Waals surface area contributed by atoms with Crippen LogP contribution in [0.5, 0.6) is 17.2 Å². The molecule has 7 heteroatoms. The molecule has 5 rings (SSSR count). The maximum Gasteiger partial charge on any atom is 0.260 e. The first-order valence-electron chi connectivity index (χ1n) is 10.9. The summed E-state index contributed by atoms with van der Waals surface area (Å²) in [5.74, 6) is 2.67. The number of hydrogen-bond acceptors (Lipinski definition) is 6. The van der Waals surface area contributed by atoms with Gasteiger partial charge in [-0.05, 0) is 73.7 Å². The van der Waals surface area contributed by atoms with Crippen LogP contribution in [0.25, 0.3) is 10.2 Å². The van der Waals surface area contributed by atoms with Crippen LogP contribution >= 0.6 is 11.3 Å². The molecular formula is C27H22N2O4S. The number of furan rings is 1. The molecule has 0 bridgehead atoms. The van der Waals surface area contributed by atoms with Crippen molar-refractivity contribution < 1.29 is 18.7 Å². The van der Waals surface area contributed by atoms with Crippen molar-refractivity contribution in [2.24, 2.45) is 0 Å². The zero-order valence-corrected chi connectivity index (χ0v) is 19.3. The van der Waals surface area contributed by atoms with Crippen LogP contribution in [0.1, 0.15) is 23.0 Å². The van der Waals surface area contributed by atoms with Gasteiger partial charge in [-0.15, -0.1) is 0 Å². The molecule has 0 saturated carbocycles. The maximum absolute atomic E-state index is 13.6. The zero-order valence-electron chi connectivity index (χ0n) is 18.5. The minimum Gasteiger partial charge on any atom is -0.494 e. The second kappa shape index (κ2) is 9.80. The Labute approximate surface area is 201 Å². The Morgan fingerprint density at radius 3 is 2.44 bits per heavy atom. The second-order valence-corrected chi connectivity index (χ2v) is 8.48. The van der Waals surface area contributed by atoms with Crippen molar-refractivity contribution in [2.75, 3.05) is 11.5 Å². The molecular weight excluding hydrogens is 448 g/mol. The molecule has 0 unspecified atom stereocenters. The smallest absolute Gasteiger partial charge is 0.260 e. The van der Waals surface area contributed by atoms with Gasteiger partial charge >= 0.3 is 0 Å². The number of rotatable bonds is 8. The monoisotopic (exact) mass is 470 g/mol. The minimum atomic E-state index is -0.174. The highest BCUT2D eigenvalue weighted by molar-refractivity contribution is 7.22. The van der Waals surface area contributed by atoms with Gasteiger partial charge in [0.2, 0.25) is 0 Å². The Kier molecular flexibility index (Phi) is 6.27. The van der Waals surface area contributed by atoms with Crippen LogP contribution in [0.3, 0.4) is 0 Å². The lowest BCUT2D eigenvalue weighted by atomic mass is 10.2. The van der Waals surface area contributed by atoms with Crippen molar-refractivity contribution in [1.82, 2.24) is 4.98 Å². The molecule has 170 valence electrons. The number of amides is 1. The number of thiazole rings is 1. The highest BCUT2D eigenvalue weighted by Gasteiger charge is 2.23. The van der Waals surface area contributed by atoms with E-state index in [1.807, 2.05) is 61.5 Å². The molecule has 0 radical (unpaired) electrons. The summed E-state index contributed by atoms with van der Waals surface area (Å²) in [6, 6.07) is 26.0. The van der Waals surface area contributed by atoms with Gasteiger partial charge in [0.25, 0.3) is 5.91 Å². The van der Waals surface area contributed by atoms with Crippen molar-refractivity contribution in [1.29, 1.82) is 0 Å². The minimum absolute atomic E-state index is 0.174. The molecule has 2 heterocycles. The summed E-state index contributed by atoms with van der Waals surface area (Å²) in [5, 5.41) is 0.592. The Bertz CT molecular complexity index is 1380. The van der Waals surface area contributed by atoms with E-state index >= 15 is 0 Å². The summed E-state index contributed by atoms with van der Waals surface area (Å²) in [6.07, 6.45) is 1.60. The lowest BCUT2D eigenvalue weighted by Crippen LogP contribution is -2.30. The number of nitrogens with zero attached hydrogens (tertiary/aromatic N) is 2. The molecule has 0 aliphatic carbocycles. The number of aromatic nitrogens is 1. The summed E-state index contributed by atoms with van der Waals surface area (Å²) in [6.45, 7) is 2.80. The van der Waals surface area contributed by atoms with Crippen LogP contribution in [-0.2, 0) is 6.54 Å². The van der Waals surface area contributed by atoms with E-state index in [0.717, 1.165) is 21.7 Å². The topological polar surface area (TPSA) is 64.8 Å². The molecule has 5 aromatic rings. The van der Waals surface area contributed by atoms with Crippen molar-refractivity contribution in [3.05, 3.63) is 103 Å². The number of hydrogen-bond donors (Lipinski definition) is 0. The summed E-state index contributed by atoms with van der Waals surface area (Å²) < 4.78 is 17.9. The van der Waals surface area contributed by atoms with Gasteiger partial charge in [0, 0.05) is 5.56 Å². The van der Waals surface area contributed by atoms with E-state index in [2.05, 4.69) is 0 Å². The van der Waals surface area contributed by atoms with E-state index in [0.29, 0.717) is 28.8 Å². The van der Waals surface area contributed by atoms with Gasteiger partial charge in [0.1, 0.15) is 23.0 Å². The van der Waals surface area contributed by atoms with Gasteiger partial charge in [0.05, 0.1) is 29.6 Å². The summed E-state index contributed by atoms with van der Waals surface area (Å²) >= 11 is 1.44. The number of para-hydroxylation sites is 1. The van der Waals surface area contributed by atoms with Crippen LogP contribution in [0.15, 0.2) is 95.6 Å². The second-order valence-electron chi connectivity index (χ2n) is 7.47. The molecule has 0 aliphatic rings. The quantitative estimate of drug-likeness (QED) is 0.246. The van der Waals surface area contributed by atoms with E-state index in [1.54, 1.807) is 41.5 Å². The van der Waals surface area contributed by atoms with Gasteiger partial charge in [-0.2, -0.15) is 0 Å². The van der Waals surface area contributed by atoms with E-state index in [9.17, 15) is 4.79 Å². The Morgan fingerprint density at radius 1 is 0.941 bits per heavy atom. The summed E-state index contributed by atoms with van der Waals surface area (Å²) in [5.41, 5.74) is 1.34. The van der Waals surface area contributed by atoms with Crippen LogP contribution in [0.2, 0.25) is 0 Å². The van der Waals surface area contributed by atoms with Gasteiger partial charge in [-0.25, -0.2) is 4.98 Å². The largest absolute Gasteiger partial charge is 0.494 e. The third-order valence-electron chi connectivity index (χ3n) is 5.11. The third kappa shape index (κ3) is 4.79. The predicted molar refractivity (Wildman–Crippen MR) is 133 cm³/mol. The first-order chi connectivity index (χ1) is 16.7. The van der Waals surface area contributed by atoms with E-state index < -0.39 is 0 Å². The fourth-order valence-corrected chi connectivity index (χ4v) is 4.49. The van der Waals surface area contributed by atoms with Gasteiger partial charge in [-0.3, -0.25) is 9.69 Å². The number of ether oxygens (including phenoxy) is 2. The van der Waals surface area contributed by atoms with E-state index in [4.69, 9.17) is 18.9 Å². The van der Waals surface area contributed by atoms with E-state index in [-0.39, 0.29) is 12.5 Å². The van der Waals surface area contributed by atoms with Crippen LogP contribution in [0.4, 0.5) is 5.13 Å². The van der Waals surface area contributed by atoms with Crippen molar-refractivity contribution >= 4 is 32.6 Å².